The Labute approximate surface area is 245 Å². The van der Waals surface area contributed by atoms with E-state index in [1.165, 1.54) is 44.6 Å². The van der Waals surface area contributed by atoms with E-state index < -0.39 is 21.4 Å². The number of methoxy groups -OCH3 is 1. The predicted octanol–water partition coefficient (Wildman–Crippen LogP) is 7.41. The highest BCUT2D eigenvalue weighted by Gasteiger charge is 2.24. The van der Waals surface area contributed by atoms with Crippen molar-refractivity contribution in [2.24, 2.45) is 5.92 Å². The van der Waals surface area contributed by atoms with Crippen LogP contribution in [0, 0.1) is 11.7 Å². The van der Waals surface area contributed by atoms with Crippen molar-refractivity contribution in [3.05, 3.63) is 70.8 Å². The first kappa shape index (κ1) is 29.2. The number of fused-ring (bicyclic) bond motifs is 1. The molecule has 0 atom stereocenters. The van der Waals surface area contributed by atoms with Crippen molar-refractivity contribution >= 4 is 38.3 Å². The van der Waals surface area contributed by atoms with Gasteiger partial charge in [-0.2, -0.15) is 0 Å². The van der Waals surface area contributed by atoms with Crippen LogP contribution in [0.4, 0.5) is 10.3 Å². The summed E-state index contributed by atoms with van der Waals surface area (Å²) in [5.74, 6) is 0.158. The van der Waals surface area contributed by atoms with Gasteiger partial charge < -0.3 is 10.1 Å². The number of halogens is 2. The molecule has 41 heavy (non-hydrogen) atoms. The monoisotopic (exact) mass is 596 g/mol. The molecule has 0 unspecified atom stereocenters. The number of hydrogen-bond acceptors (Lipinski definition) is 7. The van der Waals surface area contributed by atoms with E-state index in [-0.39, 0.29) is 21.5 Å². The van der Waals surface area contributed by atoms with Crippen LogP contribution in [0.25, 0.3) is 22.0 Å². The van der Waals surface area contributed by atoms with Crippen molar-refractivity contribution in [2.75, 3.05) is 12.4 Å². The van der Waals surface area contributed by atoms with Crippen molar-refractivity contribution in [3.8, 4) is 17.0 Å². The van der Waals surface area contributed by atoms with Crippen molar-refractivity contribution in [1.82, 2.24) is 15.0 Å². The minimum Gasteiger partial charge on any atom is -0.481 e. The van der Waals surface area contributed by atoms with Crippen LogP contribution in [0.15, 0.2) is 53.6 Å². The third-order valence-corrected chi connectivity index (χ3v) is 10.0. The Balaban J connectivity index is 1.45. The number of sulfone groups is 1. The number of aryl methyl sites for hydroxylation is 1. The van der Waals surface area contributed by atoms with Gasteiger partial charge in [-0.1, -0.05) is 44.0 Å². The van der Waals surface area contributed by atoms with Crippen molar-refractivity contribution in [1.29, 1.82) is 0 Å². The van der Waals surface area contributed by atoms with Crippen LogP contribution < -0.4 is 10.1 Å². The fourth-order valence-electron chi connectivity index (χ4n) is 5.54. The standard InChI is InChI=1S/C31H34ClFN4O3S/c1-4-19-10-12-23(13-11-19)35-31-34-17-22-15-21(14-20(5-2)29(22)37-31)24-16-26(33)27(36-30(24)40-3)18-41(38,39)28-9-7-6-8-25(28)32/h6-9,14-17,19,23H,4-5,10-13,18H2,1-3H3,(H,34,35,37). The summed E-state index contributed by atoms with van der Waals surface area (Å²) in [6, 6.07) is 11.5. The summed E-state index contributed by atoms with van der Waals surface area (Å²) in [5.41, 5.74) is 2.67. The molecule has 2 aromatic heterocycles. The second kappa shape index (κ2) is 12.3. The Morgan fingerprint density at radius 3 is 2.51 bits per heavy atom. The van der Waals surface area contributed by atoms with E-state index in [2.05, 4.69) is 22.2 Å². The number of rotatable bonds is 9. The molecule has 1 fully saturated rings. The highest BCUT2D eigenvalue weighted by molar-refractivity contribution is 7.90. The Morgan fingerprint density at radius 2 is 1.83 bits per heavy atom. The third-order valence-electron chi connectivity index (χ3n) is 7.92. The predicted molar refractivity (Wildman–Crippen MR) is 161 cm³/mol. The Bertz CT molecular complexity index is 1670. The summed E-state index contributed by atoms with van der Waals surface area (Å²) >= 11 is 6.09. The molecular formula is C31H34ClFN4O3S. The zero-order valence-electron chi connectivity index (χ0n) is 23.5. The Kier molecular flexibility index (Phi) is 8.75. The summed E-state index contributed by atoms with van der Waals surface area (Å²) in [6.07, 6.45) is 8.41. The summed E-state index contributed by atoms with van der Waals surface area (Å²) in [5, 5.41) is 4.41. The van der Waals surface area contributed by atoms with Crippen LogP contribution in [-0.2, 0) is 22.0 Å². The normalized spacial score (nSPS) is 17.5. The molecule has 7 nitrogen and oxygen atoms in total. The lowest BCUT2D eigenvalue weighted by atomic mass is 9.85. The number of anilines is 1. The van der Waals surface area contributed by atoms with E-state index in [4.69, 9.17) is 21.3 Å². The molecule has 2 heterocycles. The van der Waals surface area contributed by atoms with Gasteiger partial charge in [0.25, 0.3) is 0 Å². The fourth-order valence-corrected chi connectivity index (χ4v) is 7.40. The van der Waals surface area contributed by atoms with E-state index >= 15 is 4.39 Å². The van der Waals surface area contributed by atoms with Gasteiger partial charge in [0, 0.05) is 23.2 Å². The number of hydrogen-bond donors (Lipinski definition) is 1. The first-order chi connectivity index (χ1) is 19.7. The average molecular weight is 597 g/mol. The SMILES string of the molecule is CCc1cc(-c2cc(F)c(CS(=O)(=O)c3ccccc3Cl)nc2OC)cc2cnc(NC3CCC(CC)CC3)nc12. The molecule has 0 radical (unpaired) electrons. The van der Waals surface area contributed by atoms with E-state index in [1.54, 1.807) is 18.3 Å². The fraction of sp³-hybridized carbons (Fsp3) is 0.387. The van der Waals surface area contributed by atoms with Crippen LogP contribution in [0.2, 0.25) is 5.02 Å². The zero-order chi connectivity index (χ0) is 29.1. The zero-order valence-corrected chi connectivity index (χ0v) is 25.0. The van der Waals surface area contributed by atoms with Crippen molar-refractivity contribution < 1.29 is 17.5 Å². The molecule has 1 aliphatic carbocycles. The number of nitrogens with zero attached hydrogens (tertiary/aromatic N) is 3. The number of nitrogens with one attached hydrogen (secondary N) is 1. The molecule has 1 aliphatic rings. The van der Waals surface area contributed by atoms with E-state index in [1.807, 2.05) is 19.1 Å². The smallest absolute Gasteiger partial charge is 0.223 e. The highest BCUT2D eigenvalue weighted by Crippen LogP contribution is 2.35. The van der Waals surface area contributed by atoms with E-state index in [0.717, 1.165) is 35.2 Å². The summed E-state index contributed by atoms with van der Waals surface area (Å²) in [6.45, 7) is 4.30. The van der Waals surface area contributed by atoms with Crippen LogP contribution in [0.5, 0.6) is 5.88 Å². The van der Waals surface area contributed by atoms with Gasteiger partial charge in [-0.05, 0) is 79.5 Å². The number of aromatic nitrogens is 3. The molecule has 5 rings (SSSR count). The van der Waals surface area contributed by atoms with E-state index in [9.17, 15) is 8.42 Å². The van der Waals surface area contributed by atoms with Gasteiger partial charge in [0.05, 0.1) is 28.2 Å². The van der Waals surface area contributed by atoms with Gasteiger partial charge in [-0.25, -0.2) is 27.8 Å². The highest BCUT2D eigenvalue weighted by atomic mass is 35.5. The molecule has 4 aromatic rings. The maximum absolute atomic E-state index is 15.4. The Morgan fingerprint density at radius 1 is 1.07 bits per heavy atom. The molecule has 0 amide bonds. The molecule has 2 aromatic carbocycles. The molecule has 1 saturated carbocycles. The summed E-state index contributed by atoms with van der Waals surface area (Å²) in [4.78, 5) is 13.6. The minimum absolute atomic E-state index is 0.0733. The van der Waals surface area contributed by atoms with Gasteiger partial charge in [-0.15, -0.1) is 0 Å². The van der Waals surface area contributed by atoms with Crippen molar-refractivity contribution in [2.45, 2.75) is 69.1 Å². The van der Waals surface area contributed by atoms with Gasteiger partial charge >= 0.3 is 0 Å². The summed E-state index contributed by atoms with van der Waals surface area (Å²) < 4.78 is 46.9. The topological polar surface area (TPSA) is 94.1 Å². The number of pyridine rings is 1. The molecule has 0 spiro atoms. The molecule has 1 N–H and O–H groups in total. The molecule has 0 aliphatic heterocycles. The maximum Gasteiger partial charge on any atom is 0.223 e. The van der Waals surface area contributed by atoms with E-state index in [0.29, 0.717) is 29.5 Å². The first-order valence-electron chi connectivity index (χ1n) is 14.0. The van der Waals surface area contributed by atoms with Gasteiger partial charge in [0.2, 0.25) is 11.8 Å². The summed E-state index contributed by atoms with van der Waals surface area (Å²) in [7, 11) is -2.52. The lowest BCUT2D eigenvalue weighted by Crippen LogP contribution is -2.26. The molecule has 10 heteroatoms. The van der Waals surface area contributed by atoms with Crippen LogP contribution in [0.1, 0.15) is 57.2 Å². The molecule has 0 bridgehead atoms. The second-order valence-electron chi connectivity index (χ2n) is 10.6. The molecular weight excluding hydrogens is 563 g/mol. The van der Waals surface area contributed by atoms with Gasteiger partial charge in [0.15, 0.2) is 9.84 Å². The van der Waals surface area contributed by atoms with Crippen LogP contribution in [-0.4, -0.2) is 36.5 Å². The third kappa shape index (κ3) is 6.31. The van der Waals surface area contributed by atoms with Crippen LogP contribution in [0.3, 0.4) is 0 Å². The Hall–Kier alpha value is -3.30. The molecule has 216 valence electrons. The average Bonchev–Trinajstić information content (AvgIpc) is 2.98. The molecule has 0 saturated heterocycles. The quantitative estimate of drug-likeness (QED) is 0.215. The lowest BCUT2D eigenvalue weighted by molar-refractivity contribution is 0.329. The van der Waals surface area contributed by atoms with Crippen molar-refractivity contribution in [3.63, 3.8) is 0 Å². The number of ether oxygens (including phenoxy) is 1. The van der Waals surface area contributed by atoms with Gasteiger partial charge in [-0.3, -0.25) is 0 Å². The van der Waals surface area contributed by atoms with Gasteiger partial charge in [0.1, 0.15) is 11.6 Å². The maximum atomic E-state index is 15.4. The van der Waals surface area contributed by atoms with Crippen LogP contribution >= 0.6 is 11.6 Å². The lowest BCUT2D eigenvalue weighted by Gasteiger charge is -2.28. The largest absolute Gasteiger partial charge is 0.481 e. The first-order valence-corrected chi connectivity index (χ1v) is 16.0. The number of benzene rings is 2. The second-order valence-corrected chi connectivity index (χ2v) is 12.9. The minimum atomic E-state index is -3.94.